The zero-order chi connectivity index (χ0) is 22.1. The third-order valence-corrected chi connectivity index (χ3v) is 7.62. The molecule has 1 aliphatic heterocycles. The summed E-state index contributed by atoms with van der Waals surface area (Å²) < 4.78 is 44.3. The monoisotopic (exact) mass is 474 g/mol. The molecular formula is C23H23ClN2O5S. The summed E-state index contributed by atoms with van der Waals surface area (Å²) in [6.45, 7) is 0.804. The van der Waals surface area contributed by atoms with Gasteiger partial charge >= 0.3 is 0 Å². The number of anilines is 1. The zero-order valence-electron chi connectivity index (χ0n) is 17.3. The fourth-order valence-corrected chi connectivity index (χ4v) is 5.44. The first kappa shape index (κ1) is 21.2. The normalized spacial score (nSPS) is 16.7. The van der Waals surface area contributed by atoms with Crippen LogP contribution in [0.3, 0.4) is 0 Å². The Morgan fingerprint density at radius 2 is 1.66 bits per heavy atom. The van der Waals surface area contributed by atoms with Gasteiger partial charge in [-0.25, -0.2) is 8.42 Å². The van der Waals surface area contributed by atoms with E-state index in [2.05, 4.69) is 10.3 Å². The molecular weight excluding hydrogens is 452 g/mol. The highest BCUT2D eigenvalue weighted by Crippen LogP contribution is 2.38. The molecule has 7 nitrogen and oxygen atoms in total. The fraction of sp³-hybridized carbons (Fsp3) is 0.348. The minimum atomic E-state index is -3.98. The van der Waals surface area contributed by atoms with Crippen LogP contribution in [0.2, 0.25) is 5.02 Å². The third kappa shape index (κ3) is 4.17. The Morgan fingerprint density at radius 3 is 2.41 bits per heavy atom. The first-order valence-corrected chi connectivity index (χ1v) is 12.5. The number of rotatable bonds is 5. The van der Waals surface area contributed by atoms with Crippen LogP contribution in [0, 0.1) is 0 Å². The van der Waals surface area contributed by atoms with E-state index >= 15 is 0 Å². The molecule has 168 valence electrons. The van der Waals surface area contributed by atoms with Gasteiger partial charge in [0.15, 0.2) is 11.5 Å². The van der Waals surface area contributed by atoms with Gasteiger partial charge in [-0.05, 0) is 49.2 Å². The average Bonchev–Trinajstić information content (AvgIpc) is 3.24. The molecule has 0 bridgehead atoms. The number of benzene rings is 2. The highest BCUT2D eigenvalue weighted by Gasteiger charge is 2.31. The van der Waals surface area contributed by atoms with Crippen LogP contribution in [0.1, 0.15) is 32.1 Å². The van der Waals surface area contributed by atoms with E-state index in [-0.39, 0.29) is 27.7 Å². The molecule has 32 heavy (non-hydrogen) atoms. The summed E-state index contributed by atoms with van der Waals surface area (Å²) in [5.41, 5.74) is 0.643. The molecule has 0 unspecified atom stereocenters. The Hall–Kier alpha value is -2.71. The third-order valence-electron chi connectivity index (χ3n) is 5.71. The van der Waals surface area contributed by atoms with Crippen molar-refractivity contribution < 1.29 is 22.3 Å². The molecule has 1 aromatic heterocycles. The Balaban J connectivity index is 1.56. The molecule has 1 aliphatic carbocycles. The van der Waals surface area contributed by atoms with E-state index in [1.165, 1.54) is 18.6 Å². The summed E-state index contributed by atoms with van der Waals surface area (Å²) in [5.74, 6) is 1.31. The largest absolute Gasteiger partial charge is 0.486 e. The summed E-state index contributed by atoms with van der Waals surface area (Å²) in [5, 5.41) is 3.74. The highest BCUT2D eigenvalue weighted by atomic mass is 35.5. The standard InChI is InChI=1S/C23H23ClN2O5S/c24-16-8-6-15(7-9-16)21-26-23(22(31-21)25-17-4-2-1-3-5-17)32(27,28)18-10-11-19-20(14-18)30-13-12-29-19/h6-11,14,17,25H,1-5,12-13H2. The van der Waals surface area contributed by atoms with Gasteiger partial charge < -0.3 is 19.2 Å². The first-order chi connectivity index (χ1) is 15.5. The van der Waals surface area contributed by atoms with E-state index in [1.54, 1.807) is 30.3 Å². The molecule has 9 heteroatoms. The SMILES string of the molecule is O=S(=O)(c1ccc2c(c1)OCCO2)c1nc(-c2ccc(Cl)cc2)oc1NC1CCCCC1. The number of nitrogens with one attached hydrogen (secondary N) is 1. The number of ether oxygens (including phenoxy) is 2. The van der Waals surface area contributed by atoms with Crippen LogP contribution in [0.5, 0.6) is 11.5 Å². The molecule has 2 aromatic carbocycles. The van der Waals surface area contributed by atoms with Crippen molar-refractivity contribution in [2.45, 2.75) is 48.1 Å². The van der Waals surface area contributed by atoms with E-state index in [4.69, 9.17) is 25.5 Å². The smallest absolute Gasteiger partial charge is 0.234 e. The maximum absolute atomic E-state index is 13.6. The van der Waals surface area contributed by atoms with Crippen LogP contribution in [0.4, 0.5) is 5.88 Å². The zero-order valence-corrected chi connectivity index (χ0v) is 18.9. The lowest BCUT2D eigenvalue weighted by Crippen LogP contribution is -2.23. The maximum Gasteiger partial charge on any atom is 0.234 e. The summed E-state index contributed by atoms with van der Waals surface area (Å²) in [6.07, 6.45) is 5.30. The van der Waals surface area contributed by atoms with Crippen molar-refractivity contribution in [3.63, 3.8) is 0 Å². The number of aromatic nitrogens is 1. The van der Waals surface area contributed by atoms with Gasteiger partial charge in [0, 0.05) is 22.7 Å². The molecule has 0 atom stereocenters. The molecule has 3 aromatic rings. The van der Waals surface area contributed by atoms with Gasteiger partial charge in [0.25, 0.3) is 0 Å². The van der Waals surface area contributed by atoms with Gasteiger partial charge in [-0.1, -0.05) is 30.9 Å². The molecule has 0 spiro atoms. The van der Waals surface area contributed by atoms with Crippen molar-refractivity contribution in [1.82, 2.24) is 4.98 Å². The molecule has 1 fully saturated rings. The lowest BCUT2D eigenvalue weighted by atomic mass is 9.96. The van der Waals surface area contributed by atoms with E-state index in [0.29, 0.717) is 35.3 Å². The van der Waals surface area contributed by atoms with Crippen molar-refractivity contribution in [1.29, 1.82) is 0 Å². The van der Waals surface area contributed by atoms with Gasteiger partial charge in [0.05, 0.1) is 4.90 Å². The van der Waals surface area contributed by atoms with Crippen LogP contribution < -0.4 is 14.8 Å². The second-order valence-electron chi connectivity index (χ2n) is 7.95. The Bertz CT molecular complexity index is 1220. The Kier molecular flexibility index (Phi) is 5.73. The van der Waals surface area contributed by atoms with Gasteiger partial charge in [-0.3, -0.25) is 0 Å². The minimum Gasteiger partial charge on any atom is -0.486 e. The van der Waals surface area contributed by atoms with Crippen LogP contribution in [-0.4, -0.2) is 32.7 Å². The van der Waals surface area contributed by atoms with Crippen molar-refractivity contribution in [3.8, 4) is 23.0 Å². The molecule has 1 saturated carbocycles. The molecule has 2 aliphatic rings. The van der Waals surface area contributed by atoms with Crippen molar-refractivity contribution in [3.05, 3.63) is 47.5 Å². The molecule has 0 saturated heterocycles. The number of fused-ring (bicyclic) bond motifs is 1. The number of halogens is 1. The predicted molar refractivity (Wildman–Crippen MR) is 120 cm³/mol. The lowest BCUT2D eigenvalue weighted by Gasteiger charge is -2.22. The number of hydrogen-bond donors (Lipinski definition) is 1. The molecule has 1 N–H and O–H groups in total. The van der Waals surface area contributed by atoms with Crippen LogP contribution >= 0.6 is 11.6 Å². The number of sulfone groups is 1. The Labute approximate surface area is 191 Å². The molecule has 0 amide bonds. The van der Waals surface area contributed by atoms with Crippen LogP contribution in [-0.2, 0) is 9.84 Å². The van der Waals surface area contributed by atoms with Crippen molar-refractivity contribution >= 4 is 27.3 Å². The molecule has 5 rings (SSSR count). The topological polar surface area (TPSA) is 90.7 Å². The summed E-state index contributed by atoms with van der Waals surface area (Å²) in [4.78, 5) is 4.48. The quantitative estimate of drug-likeness (QED) is 0.533. The van der Waals surface area contributed by atoms with E-state index in [9.17, 15) is 8.42 Å². The van der Waals surface area contributed by atoms with Gasteiger partial charge in [-0.15, -0.1) is 0 Å². The minimum absolute atomic E-state index is 0.0735. The van der Waals surface area contributed by atoms with E-state index in [0.717, 1.165) is 25.7 Å². The summed E-state index contributed by atoms with van der Waals surface area (Å²) >= 11 is 5.99. The van der Waals surface area contributed by atoms with E-state index < -0.39 is 9.84 Å². The number of oxazole rings is 1. The van der Waals surface area contributed by atoms with Gasteiger partial charge in [-0.2, -0.15) is 4.98 Å². The number of hydrogen-bond acceptors (Lipinski definition) is 7. The molecule has 2 heterocycles. The van der Waals surface area contributed by atoms with Crippen molar-refractivity contribution in [2.75, 3.05) is 18.5 Å². The van der Waals surface area contributed by atoms with Crippen LogP contribution in [0.25, 0.3) is 11.5 Å². The second kappa shape index (κ2) is 8.67. The summed E-state index contributed by atoms with van der Waals surface area (Å²) in [7, 11) is -3.98. The second-order valence-corrected chi connectivity index (χ2v) is 10.2. The van der Waals surface area contributed by atoms with Crippen molar-refractivity contribution in [2.24, 2.45) is 0 Å². The first-order valence-electron chi connectivity index (χ1n) is 10.7. The maximum atomic E-state index is 13.6. The average molecular weight is 475 g/mol. The van der Waals surface area contributed by atoms with Crippen LogP contribution in [0.15, 0.2) is 56.8 Å². The predicted octanol–water partition coefficient (Wildman–Crippen LogP) is 5.34. The van der Waals surface area contributed by atoms with Gasteiger partial charge in [0.1, 0.15) is 13.2 Å². The highest BCUT2D eigenvalue weighted by molar-refractivity contribution is 7.91. The van der Waals surface area contributed by atoms with E-state index in [1.807, 2.05) is 0 Å². The Morgan fingerprint density at radius 1 is 0.938 bits per heavy atom. The molecule has 0 radical (unpaired) electrons. The lowest BCUT2D eigenvalue weighted by molar-refractivity contribution is 0.171. The van der Waals surface area contributed by atoms with Gasteiger partial charge in [0.2, 0.25) is 26.6 Å². The fourth-order valence-electron chi connectivity index (χ4n) is 4.03. The number of nitrogens with zero attached hydrogens (tertiary/aromatic N) is 1. The summed E-state index contributed by atoms with van der Waals surface area (Å²) in [6, 6.07) is 11.7.